The van der Waals surface area contributed by atoms with E-state index in [0.29, 0.717) is 11.8 Å². The normalized spacial score (nSPS) is 11.8. The van der Waals surface area contributed by atoms with E-state index in [0.717, 1.165) is 42.7 Å². The smallest absolute Gasteiger partial charge is 0.0464 e. The van der Waals surface area contributed by atoms with Crippen molar-refractivity contribution >= 4 is 17.1 Å². The molecule has 11 rings (SSSR count). The van der Waals surface area contributed by atoms with Crippen LogP contribution in [-0.4, -0.2) is 0 Å². The molecule has 466 valence electrons. The molecule has 0 saturated carbocycles. The van der Waals surface area contributed by atoms with Crippen LogP contribution in [0.25, 0.3) is 66.8 Å². The molecule has 1 nitrogen and oxygen atoms in total. The largest absolute Gasteiger partial charge is 0.310 e. The Morgan fingerprint density at radius 2 is 0.598 bits per heavy atom. The summed E-state index contributed by atoms with van der Waals surface area (Å²) in [6.07, 6.45) is 14.0. The fourth-order valence-electron chi connectivity index (χ4n) is 13.8. The van der Waals surface area contributed by atoms with E-state index in [-0.39, 0.29) is 5.92 Å². The summed E-state index contributed by atoms with van der Waals surface area (Å²) in [6, 6.07) is 93.2. The fraction of sp³-hybridized carbons (Fsp3) is 0.275. The monoisotopic (exact) mass is 1200 g/mol. The number of hydrogen-bond acceptors (Lipinski definition) is 1. The molecule has 11 aromatic rings. The Morgan fingerprint density at radius 3 is 0.946 bits per heavy atom. The van der Waals surface area contributed by atoms with E-state index in [1.54, 1.807) is 0 Å². The molecule has 0 spiro atoms. The van der Waals surface area contributed by atoms with Gasteiger partial charge in [0, 0.05) is 23.0 Å². The Bertz CT molecular complexity index is 3870. The maximum absolute atomic E-state index is 2.63. The lowest BCUT2D eigenvalue weighted by atomic mass is 9.81. The van der Waals surface area contributed by atoms with Gasteiger partial charge in [-0.05, 0) is 231 Å². The van der Waals surface area contributed by atoms with Gasteiger partial charge in [-0.2, -0.15) is 0 Å². The lowest BCUT2D eigenvalue weighted by Gasteiger charge is -2.27. The SMILES string of the molecule is CCCCCCc1cc(-c2ccc(N(c3ccc(-c4ccc(C)cc4)cc3)c3ccc(-c4ccc(CC(C)C)cc4)cc3)cc2C)c(CCCCCC)cc1-c1ccc(C(c2ccc(-c3ccc(C)cc3)cc2)c2ccc(-c3ccc(CC(C)C)cc3)cc2)cc1C. The molecule has 0 aliphatic heterocycles. The standard InChI is InChI=1S/C91H97N/c1-11-13-15-17-19-81-62-90(88-56-54-86(60-68(88)10)92(84-50-45-77(46-51-84)72-31-23-66(8)24-32-72)85-52-47-78(48-53-85)74-35-27-70(28-36-74)58-64(5)6)82(20-18-16-14-12-2)61-89(81)87-55-49-83(59-67(87)9)91(79-41-37-75(38-42-79)71-29-21-65(7)22-30-71)80-43-39-76(40-44-80)73-33-25-69(26-34-73)57-63(3)4/h21-56,59-64,91H,11-20,57-58H2,1-10H3. The molecular formula is C91H97N. The first-order valence-electron chi connectivity index (χ1n) is 34.7. The van der Waals surface area contributed by atoms with Gasteiger partial charge in [0.1, 0.15) is 0 Å². The van der Waals surface area contributed by atoms with E-state index in [9.17, 15) is 0 Å². The van der Waals surface area contributed by atoms with E-state index >= 15 is 0 Å². The summed E-state index contributed by atoms with van der Waals surface area (Å²) in [4.78, 5) is 2.44. The molecule has 11 aromatic carbocycles. The van der Waals surface area contributed by atoms with Gasteiger partial charge >= 0.3 is 0 Å². The molecule has 92 heavy (non-hydrogen) atoms. The fourth-order valence-corrected chi connectivity index (χ4v) is 13.8. The molecular weight excluding hydrogens is 1110 g/mol. The van der Waals surface area contributed by atoms with Crippen molar-refractivity contribution < 1.29 is 0 Å². The van der Waals surface area contributed by atoms with E-state index in [2.05, 4.69) is 317 Å². The third-order valence-electron chi connectivity index (χ3n) is 18.9. The Hall–Kier alpha value is -8.78. The summed E-state index contributed by atoms with van der Waals surface area (Å²) < 4.78 is 0. The van der Waals surface area contributed by atoms with Crippen molar-refractivity contribution in [1.29, 1.82) is 0 Å². The maximum Gasteiger partial charge on any atom is 0.0464 e. The number of nitrogens with zero attached hydrogens (tertiary/aromatic N) is 1. The van der Waals surface area contributed by atoms with Crippen molar-refractivity contribution in [2.75, 3.05) is 4.90 Å². The highest BCUT2D eigenvalue weighted by Crippen LogP contribution is 2.44. The molecule has 0 aromatic heterocycles. The van der Waals surface area contributed by atoms with Crippen LogP contribution in [0.5, 0.6) is 0 Å². The van der Waals surface area contributed by atoms with Crippen LogP contribution in [-0.2, 0) is 25.7 Å². The van der Waals surface area contributed by atoms with Gasteiger partial charge in [0.25, 0.3) is 0 Å². The molecule has 1 atom stereocenters. The Labute approximate surface area is 553 Å². The quantitative estimate of drug-likeness (QED) is 0.0386. The van der Waals surface area contributed by atoms with Gasteiger partial charge in [-0.25, -0.2) is 0 Å². The average molecular weight is 1200 g/mol. The summed E-state index contributed by atoms with van der Waals surface area (Å²) in [7, 11) is 0. The number of unbranched alkanes of at least 4 members (excludes halogenated alkanes) is 6. The minimum Gasteiger partial charge on any atom is -0.310 e. The van der Waals surface area contributed by atoms with Crippen LogP contribution in [0, 0.1) is 39.5 Å². The molecule has 1 unspecified atom stereocenters. The first kappa shape index (κ1) is 64.7. The van der Waals surface area contributed by atoms with Crippen LogP contribution in [0.15, 0.2) is 243 Å². The summed E-state index contributed by atoms with van der Waals surface area (Å²) in [6.45, 7) is 22.8. The van der Waals surface area contributed by atoms with Crippen molar-refractivity contribution in [2.45, 2.75) is 152 Å². The highest BCUT2D eigenvalue weighted by molar-refractivity contribution is 5.85. The molecule has 0 saturated heterocycles. The number of hydrogen-bond donors (Lipinski definition) is 0. The average Bonchev–Trinajstić information content (AvgIpc) is 0.790. The lowest BCUT2D eigenvalue weighted by Crippen LogP contribution is -2.10. The molecule has 0 N–H and O–H groups in total. The second-order valence-corrected chi connectivity index (χ2v) is 27.3. The van der Waals surface area contributed by atoms with Gasteiger partial charge in [-0.15, -0.1) is 0 Å². The predicted octanol–water partition coefficient (Wildman–Crippen LogP) is 26.2. The Kier molecular flexibility index (Phi) is 21.5. The summed E-state index contributed by atoms with van der Waals surface area (Å²) >= 11 is 0. The summed E-state index contributed by atoms with van der Waals surface area (Å²) in [5.74, 6) is 1.32. The Morgan fingerprint density at radius 1 is 0.283 bits per heavy atom. The zero-order chi connectivity index (χ0) is 64.1. The third kappa shape index (κ3) is 15.9. The van der Waals surface area contributed by atoms with Crippen molar-refractivity contribution in [2.24, 2.45) is 11.8 Å². The third-order valence-corrected chi connectivity index (χ3v) is 18.9. The lowest BCUT2D eigenvalue weighted by molar-refractivity contribution is 0.647. The molecule has 0 aliphatic carbocycles. The van der Waals surface area contributed by atoms with Crippen LogP contribution in [0.2, 0.25) is 0 Å². The van der Waals surface area contributed by atoms with Crippen LogP contribution in [0.3, 0.4) is 0 Å². The van der Waals surface area contributed by atoms with Gasteiger partial charge in [0.2, 0.25) is 0 Å². The molecule has 1 heteroatoms. The summed E-state index contributed by atoms with van der Waals surface area (Å²) in [5, 5.41) is 0. The number of benzene rings is 11. The van der Waals surface area contributed by atoms with E-state index in [1.807, 2.05) is 0 Å². The Balaban J connectivity index is 0.972. The number of anilines is 3. The van der Waals surface area contributed by atoms with Crippen molar-refractivity contribution in [3.8, 4) is 66.8 Å². The zero-order valence-corrected chi connectivity index (χ0v) is 56.8. The second kappa shape index (κ2) is 30.6. The van der Waals surface area contributed by atoms with Gasteiger partial charge in [-0.1, -0.05) is 297 Å². The number of aryl methyl sites for hydroxylation is 6. The maximum atomic E-state index is 2.63. The molecule has 0 heterocycles. The van der Waals surface area contributed by atoms with Crippen molar-refractivity contribution in [3.63, 3.8) is 0 Å². The summed E-state index contributed by atoms with van der Waals surface area (Å²) in [5.41, 5.74) is 33.5. The topological polar surface area (TPSA) is 3.24 Å². The van der Waals surface area contributed by atoms with Gasteiger partial charge < -0.3 is 4.90 Å². The highest BCUT2D eigenvalue weighted by atomic mass is 15.1. The zero-order valence-electron chi connectivity index (χ0n) is 56.8. The van der Waals surface area contributed by atoms with Crippen LogP contribution in [0.1, 0.15) is 160 Å². The van der Waals surface area contributed by atoms with E-state index in [4.69, 9.17) is 0 Å². The van der Waals surface area contributed by atoms with E-state index < -0.39 is 0 Å². The van der Waals surface area contributed by atoms with Crippen LogP contribution < -0.4 is 4.90 Å². The first-order valence-corrected chi connectivity index (χ1v) is 34.7. The second-order valence-electron chi connectivity index (χ2n) is 27.3. The molecule has 0 radical (unpaired) electrons. The minimum atomic E-state index is 0.0546. The molecule has 0 aliphatic rings. The van der Waals surface area contributed by atoms with E-state index in [1.165, 1.54) is 179 Å². The molecule has 0 fully saturated rings. The first-order chi connectivity index (χ1) is 44.8. The van der Waals surface area contributed by atoms with Gasteiger partial charge in [0.05, 0.1) is 0 Å². The molecule has 0 bridgehead atoms. The van der Waals surface area contributed by atoms with Crippen molar-refractivity contribution in [3.05, 3.63) is 304 Å². The minimum absolute atomic E-state index is 0.0546. The van der Waals surface area contributed by atoms with Crippen LogP contribution in [0.4, 0.5) is 17.1 Å². The molecule has 0 amide bonds. The highest BCUT2D eigenvalue weighted by Gasteiger charge is 2.23. The van der Waals surface area contributed by atoms with Crippen LogP contribution >= 0.6 is 0 Å². The number of rotatable bonds is 26. The van der Waals surface area contributed by atoms with Crippen molar-refractivity contribution in [1.82, 2.24) is 0 Å². The van der Waals surface area contributed by atoms with Gasteiger partial charge in [-0.3, -0.25) is 0 Å². The predicted molar refractivity (Wildman–Crippen MR) is 399 cm³/mol. The van der Waals surface area contributed by atoms with Gasteiger partial charge in [0.15, 0.2) is 0 Å².